The fourth-order valence-corrected chi connectivity index (χ4v) is 2.64. The van der Waals surface area contributed by atoms with Crippen molar-refractivity contribution in [2.24, 2.45) is 0 Å². The van der Waals surface area contributed by atoms with E-state index in [1.807, 2.05) is 23.0 Å². The van der Waals surface area contributed by atoms with Crippen LogP contribution in [0.3, 0.4) is 0 Å². The van der Waals surface area contributed by atoms with E-state index >= 15 is 0 Å². The van der Waals surface area contributed by atoms with Crippen LogP contribution in [0.25, 0.3) is 33.3 Å². The van der Waals surface area contributed by atoms with Gasteiger partial charge in [-0.2, -0.15) is 5.10 Å². The number of anilines is 1. The van der Waals surface area contributed by atoms with Crippen LogP contribution in [0.4, 0.5) is 5.82 Å². The molecule has 3 N–H and O–H groups in total. The van der Waals surface area contributed by atoms with E-state index in [0.717, 1.165) is 33.3 Å². The predicted molar refractivity (Wildman–Crippen MR) is 85.2 cm³/mol. The van der Waals surface area contributed by atoms with Gasteiger partial charge in [0, 0.05) is 29.3 Å². The Balaban J connectivity index is 2.05. The van der Waals surface area contributed by atoms with E-state index < -0.39 is 0 Å². The van der Waals surface area contributed by atoms with Crippen molar-refractivity contribution in [3.05, 3.63) is 30.9 Å². The van der Waals surface area contributed by atoms with Crippen molar-refractivity contribution in [2.45, 2.75) is 19.9 Å². The normalized spacial score (nSPS) is 11.8. The fourth-order valence-electron chi connectivity index (χ4n) is 2.64. The lowest BCUT2D eigenvalue weighted by Gasteiger charge is -2.05. The summed E-state index contributed by atoms with van der Waals surface area (Å²) in [5.74, 6) is 0.434. The summed E-state index contributed by atoms with van der Waals surface area (Å²) in [6, 6.07) is 4.12. The van der Waals surface area contributed by atoms with Gasteiger partial charge in [0.05, 0.1) is 11.1 Å². The van der Waals surface area contributed by atoms with Gasteiger partial charge in [0.1, 0.15) is 17.8 Å². The first-order valence-corrected chi connectivity index (χ1v) is 7.07. The molecule has 110 valence electrons. The number of hydrogen-bond acceptors (Lipinski definition) is 5. The Hall–Kier alpha value is -2.96. The second-order valence-electron chi connectivity index (χ2n) is 5.49. The van der Waals surface area contributed by atoms with Gasteiger partial charge in [-0.25, -0.2) is 14.6 Å². The highest BCUT2D eigenvalue weighted by molar-refractivity contribution is 5.99. The SMILES string of the molecule is CC(C)n1nc(-c2cc3cnccc3[nH]2)c2c(N)ncnc21. The highest BCUT2D eigenvalue weighted by atomic mass is 15.3. The number of hydrogen-bond donors (Lipinski definition) is 2. The third kappa shape index (κ3) is 1.75. The minimum absolute atomic E-state index is 0.177. The number of nitrogens with one attached hydrogen (secondary N) is 1. The number of nitrogen functional groups attached to an aromatic ring is 1. The van der Waals surface area contributed by atoms with Gasteiger partial charge in [-0.15, -0.1) is 0 Å². The Morgan fingerprint density at radius 2 is 2.14 bits per heavy atom. The molecule has 0 aliphatic rings. The Kier molecular flexibility index (Phi) is 2.62. The number of aromatic nitrogens is 6. The first kappa shape index (κ1) is 12.8. The maximum absolute atomic E-state index is 6.07. The summed E-state index contributed by atoms with van der Waals surface area (Å²) in [7, 11) is 0. The summed E-state index contributed by atoms with van der Waals surface area (Å²) in [5.41, 5.74) is 9.47. The van der Waals surface area contributed by atoms with Crippen LogP contribution in [0.2, 0.25) is 0 Å². The topological polar surface area (TPSA) is 98.3 Å². The summed E-state index contributed by atoms with van der Waals surface area (Å²) < 4.78 is 1.87. The molecule has 7 heteroatoms. The molecule has 0 bridgehead atoms. The molecule has 0 saturated carbocycles. The van der Waals surface area contributed by atoms with Gasteiger partial charge >= 0.3 is 0 Å². The van der Waals surface area contributed by atoms with E-state index in [2.05, 4.69) is 33.8 Å². The molecule has 4 heterocycles. The highest BCUT2D eigenvalue weighted by Gasteiger charge is 2.19. The van der Waals surface area contributed by atoms with Crippen LogP contribution in [0.1, 0.15) is 19.9 Å². The molecule has 0 aromatic carbocycles. The van der Waals surface area contributed by atoms with E-state index in [1.165, 1.54) is 6.33 Å². The molecular weight excluding hydrogens is 278 g/mol. The van der Waals surface area contributed by atoms with Crippen LogP contribution in [0, 0.1) is 0 Å². The molecule has 0 fully saturated rings. The molecule has 0 spiro atoms. The third-order valence-corrected chi connectivity index (χ3v) is 3.68. The minimum Gasteiger partial charge on any atom is -0.383 e. The van der Waals surface area contributed by atoms with Crippen molar-refractivity contribution < 1.29 is 0 Å². The van der Waals surface area contributed by atoms with Crippen molar-refractivity contribution in [1.29, 1.82) is 0 Å². The van der Waals surface area contributed by atoms with Crippen LogP contribution in [0.15, 0.2) is 30.9 Å². The van der Waals surface area contributed by atoms with Crippen LogP contribution < -0.4 is 5.73 Å². The zero-order valence-corrected chi connectivity index (χ0v) is 12.3. The molecule has 0 amide bonds. The smallest absolute Gasteiger partial charge is 0.164 e. The van der Waals surface area contributed by atoms with Crippen LogP contribution in [-0.2, 0) is 0 Å². The molecular formula is C15H15N7. The lowest BCUT2D eigenvalue weighted by atomic mass is 10.2. The van der Waals surface area contributed by atoms with Gasteiger partial charge < -0.3 is 10.7 Å². The molecule has 4 aromatic heterocycles. The summed E-state index contributed by atoms with van der Waals surface area (Å²) >= 11 is 0. The summed E-state index contributed by atoms with van der Waals surface area (Å²) in [5, 5.41) is 6.50. The van der Waals surface area contributed by atoms with Crippen LogP contribution >= 0.6 is 0 Å². The molecule has 4 rings (SSSR count). The summed E-state index contributed by atoms with van der Waals surface area (Å²) in [4.78, 5) is 15.9. The van der Waals surface area contributed by atoms with Gasteiger partial charge in [-0.1, -0.05) is 0 Å². The van der Waals surface area contributed by atoms with E-state index in [1.54, 1.807) is 6.20 Å². The van der Waals surface area contributed by atoms with Gasteiger partial charge in [0.15, 0.2) is 5.65 Å². The summed E-state index contributed by atoms with van der Waals surface area (Å²) in [6.07, 6.45) is 5.04. The molecule has 0 unspecified atom stereocenters. The number of rotatable bonds is 2. The standard InChI is InChI=1S/C15H15N7/c1-8(2)22-15-12(14(16)18-7-19-15)13(21-22)11-5-9-6-17-4-3-10(9)20-11/h3-8,20H,1-2H3,(H2,16,18,19). The maximum Gasteiger partial charge on any atom is 0.164 e. The van der Waals surface area contributed by atoms with E-state index in [0.29, 0.717) is 5.82 Å². The molecule has 0 aliphatic heterocycles. The molecule has 0 saturated heterocycles. The first-order valence-electron chi connectivity index (χ1n) is 7.07. The van der Waals surface area contributed by atoms with Crippen molar-refractivity contribution in [1.82, 2.24) is 29.7 Å². The first-order chi connectivity index (χ1) is 10.6. The zero-order valence-electron chi connectivity index (χ0n) is 12.3. The Morgan fingerprint density at radius 1 is 1.27 bits per heavy atom. The molecule has 7 nitrogen and oxygen atoms in total. The molecule has 0 atom stereocenters. The number of H-pyrrole nitrogens is 1. The molecule has 4 aromatic rings. The number of nitrogens with two attached hydrogens (primary N) is 1. The predicted octanol–water partition coefficient (Wildman–Crippen LogP) is 2.53. The van der Waals surface area contributed by atoms with Crippen molar-refractivity contribution in [2.75, 3.05) is 5.73 Å². The molecule has 0 aliphatic carbocycles. The van der Waals surface area contributed by atoms with Crippen LogP contribution in [-0.4, -0.2) is 29.7 Å². The van der Waals surface area contributed by atoms with Gasteiger partial charge in [-0.05, 0) is 26.0 Å². The number of nitrogens with zero attached hydrogens (tertiary/aromatic N) is 5. The maximum atomic E-state index is 6.07. The van der Waals surface area contributed by atoms with E-state index in [4.69, 9.17) is 10.8 Å². The van der Waals surface area contributed by atoms with Crippen molar-refractivity contribution in [3.63, 3.8) is 0 Å². The Labute approximate surface area is 126 Å². The fraction of sp³-hybridized carbons (Fsp3) is 0.200. The van der Waals surface area contributed by atoms with Crippen molar-refractivity contribution in [3.8, 4) is 11.4 Å². The monoisotopic (exact) mass is 293 g/mol. The highest BCUT2D eigenvalue weighted by Crippen LogP contribution is 2.32. The van der Waals surface area contributed by atoms with Crippen LogP contribution in [0.5, 0.6) is 0 Å². The minimum atomic E-state index is 0.177. The summed E-state index contributed by atoms with van der Waals surface area (Å²) in [6.45, 7) is 4.12. The zero-order chi connectivity index (χ0) is 15.3. The Morgan fingerprint density at radius 3 is 2.91 bits per heavy atom. The van der Waals surface area contributed by atoms with Gasteiger partial charge in [0.25, 0.3) is 0 Å². The average Bonchev–Trinajstić information content (AvgIpc) is 3.08. The number of aromatic amines is 1. The van der Waals surface area contributed by atoms with E-state index in [9.17, 15) is 0 Å². The lowest BCUT2D eigenvalue weighted by molar-refractivity contribution is 0.547. The van der Waals surface area contributed by atoms with Gasteiger partial charge in [-0.3, -0.25) is 4.98 Å². The largest absolute Gasteiger partial charge is 0.383 e. The molecule has 0 radical (unpaired) electrons. The van der Waals surface area contributed by atoms with E-state index in [-0.39, 0.29) is 6.04 Å². The number of pyridine rings is 1. The lowest BCUT2D eigenvalue weighted by Crippen LogP contribution is -2.04. The quantitative estimate of drug-likeness (QED) is 0.591. The van der Waals surface area contributed by atoms with Gasteiger partial charge in [0.2, 0.25) is 0 Å². The average molecular weight is 293 g/mol. The second kappa shape index (κ2) is 4.52. The Bertz CT molecular complexity index is 947. The molecule has 22 heavy (non-hydrogen) atoms. The third-order valence-electron chi connectivity index (χ3n) is 3.68. The number of fused-ring (bicyclic) bond motifs is 2. The second-order valence-corrected chi connectivity index (χ2v) is 5.49. The van der Waals surface area contributed by atoms with Crippen molar-refractivity contribution >= 4 is 27.8 Å².